The van der Waals surface area contributed by atoms with Crippen molar-refractivity contribution in [1.29, 1.82) is 0 Å². The summed E-state index contributed by atoms with van der Waals surface area (Å²) in [6, 6.07) is 0. The standard InChI is InChI=1S/C3H4O3/c1-3(5)6-2-4/h2H,1H3/i2+1. The summed E-state index contributed by atoms with van der Waals surface area (Å²) < 4.78 is 3.72. The molecule has 0 aliphatic rings. The van der Waals surface area contributed by atoms with E-state index < -0.39 is 5.97 Å². The van der Waals surface area contributed by atoms with Gasteiger partial charge in [0.2, 0.25) is 0 Å². The molecule has 0 aromatic rings. The lowest BCUT2D eigenvalue weighted by atomic mass is 10.8. The molecular weight excluding hydrogens is 85.0 g/mol. The summed E-state index contributed by atoms with van der Waals surface area (Å²) in [5.74, 6) is -0.579. The zero-order valence-electron chi connectivity index (χ0n) is 3.30. The molecule has 0 atom stereocenters. The van der Waals surface area contributed by atoms with Crippen molar-refractivity contribution >= 4 is 12.4 Å². The Bertz CT molecular complexity index is 66.4. The van der Waals surface area contributed by atoms with E-state index in [2.05, 4.69) is 4.74 Å². The third kappa shape index (κ3) is 3.14. The Labute approximate surface area is 34.9 Å². The molecule has 0 N–H and O–H groups in total. The van der Waals surface area contributed by atoms with Gasteiger partial charge in [-0.3, -0.25) is 9.59 Å². The van der Waals surface area contributed by atoms with Crippen LogP contribution in [0.25, 0.3) is 0 Å². The highest BCUT2D eigenvalue weighted by Crippen LogP contribution is 1.62. The normalized spacial score (nSPS) is 6.83. The number of ether oxygens (including phenoxy) is 1. The fourth-order valence-electron chi connectivity index (χ4n) is 0.0678. The van der Waals surface area contributed by atoms with Gasteiger partial charge in [0.1, 0.15) is 0 Å². The van der Waals surface area contributed by atoms with E-state index in [-0.39, 0.29) is 6.47 Å². The van der Waals surface area contributed by atoms with Crippen molar-refractivity contribution in [2.45, 2.75) is 6.92 Å². The largest absolute Gasteiger partial charge is 0.396 e. The summed E-state index contributed by atoms with van der Waals surface area (Å²) in [7, 11) is 0. The third-order valence-corrected chi connectivity index (χ3v) is 0.214. The van der Waals surface area contributed by atoms with Crippen LogP contribution < -0.4 is 0 Å². The molecule has 0 aliphatic heterocycles. The lowest BCUT2D eigenvalue weighted by Gasteiger charge is -1.78. The monoisotopic (exact) mass is 89.0 g/mol. The summed E-state index contributed by atoms with van der Waals surface area (Å²) in [5.41, 5.74) is 0. The molecule has 0 fully saturated rings. The number of esters is 1. The summed E-state index contributed by atoms with van der Waals surface area (Å²) in [4.78, 5) is 18.8. The van der Waals surface area contributed by atoms with E-state index in [9.17, 15) is 9.59 Å². The molecule has 0 bridgehead atoms. The Morgan fingerprint density at radius 1 is 1.83 bits per heavy atom. The van der Waals surface area contributed by atoms with Crippen LogP contribution >= 0.6 is 0 Å². The highest BCUT2D eigenvalue weighted by molar-refractivity contribution is 5.73. The minimum Gasteiger partial charge on any atom is -0.396 e. The van der Waals surface area contributed by atoms with Crippen LogP contribution in [0.5, 0.6) is 0 Å². The predicted octanol–water partition coefficient (Wildman–Crippen LogP) is -0.294. The maximum atomic E-state index is 9.59. The first kappa shape index (κ1) is 5.14. The van der Waals surface area contributed by atoms with Crippen LogP contribution in [0, 0.1) is 0 Å². The molecule has 0 unspecified atom stereocenters. The molecule has 3 nitrogen and oxygen atoms in total. The van der Waals surface area contributed by atoms with Crippen molar-refractivity contribution in [3.8, 4) is 0 Å². The Morgan fingerprint density at radius 2 is 2.33 bits per heavy atom. The number of hydrogen-bond acceptors (Lipinski definition) is 3. The summed E-state index contributed by atoms with van der Waals surface area (Å²) >= 11 is 0. The molecule has 0 aromatic carbocycles. The second kappa shape index (κ2) is 2.38. The lowest BCUT2D eigenvalue weighted by molar-refractivity contribution is -0.149. The molecule has 0 amide bonds. The van der Waals surface area contributed by atoms with Crippen molar-refractivity contribution in [3.05, 3.63) is 0 Å². The van der Waals surface area contributed by atoms with E-state index in [1.165, 1.54) is 0 Å². The van der Waals surface area contributed by atoms with Gasteiger partial charge in [-0.2, -0.15) is 0 Å². The van der Waals surface area contributed by atoms with Crippen LogP contribution in [0.15, 0.2) is 0 Å². The van der Waals surface area contributed by atoms with Gasteiger partial charge in [0.15, 0.2) is 0 Å². The van der Waals surface area contributed by atoms with Gasteiger partial charge in [-0.25, -0.2) is 0 Å². The second-order valence-electron chi connectivity index (χ2n) is 0.706. The number of carbonyl (C=O) groups is 2. The van der Waals surface area contributed by atoms with Crippen LogP contribution in [-0.2, 0) is 14.3 Å². The van der Waals surface area contributed by atoms with Crippen LogP contribution in [0.2, 0.25) is 0 Å². The van der Waals surface area contributed by atoms with E-state index in [1.54, 1.807) is 0 Å². The van der Waals surface area contributed by atoms with E-state index in [1.807, 2.05) is 0 Å². The van der Waals surface area contributed by atoms with Crippen LogP contribution in [-0.4, -0.2) is 12.4 Å². The Kier molecular flexibility index (Phi) is 2.04. The number of rotatable bonds is 1. The van der Waals surface area contributed by atoms with Crippen molar-refractivity contribution < 1.29 is 14.3 Å². The van der Waals surface area contributed by atoms with Gasteiger partial charge in [-0.1, -0.05) is 0 Å². The maximum absolute atomic E-state index is 9.59. The molecule has 6 heavy (non-hydrogen) atoms. The van der Waals surface area contributed by atoms with E-state index >= 15 is 0 Å². The Balaban J connectivity index is 3.05. The van der Waals surface area contributed by atoms with Crippen molar-refractivity contribution in [2.75, 3.05) is 0 Å². The van der Waals surface area contributed by atoms with Gasteiger partial charge in [-0.15, -0.1) is 0 Å². The zero-order valence-corrected chi connectivity index (χ0v) is 3.30. The fourth-order valence-corrected chi connectivity index (χ4v) is 0.0678. The predicted molar refractivity (Wildman–Crippen MR) is 17.8 cm³/mol. The SMILES string of the molecule is CC(=O)O[13CH]=O. The summed E-state index contributed by atoms with van der Waals surface area (Å²) in [6.45, 7) is 1.26. The van der Waals surface area contributed by atoms with Gasteiger partial charge >= 0.3 is 12.4 Å². The van der Waals surface area contributed by atoms with Gasteiger partial charge in [0.05, 0.1) is 0 Å². The van der Waals surface area contributed by atoms with E-state index in [4.69, 9.17) is 0 Å². The molecule has 0 saturated carbocycles. The topological polar surface area (TPSA) is 43.4 Å². The number of carbonyl (C=O) groups excluding carboxylic acids is 2. The zero-order chi connectivity index (χ0) is 4.99. The van der Waals surface area contributed by atoms with Gasteiger partial charge in [0.25, 0.3) is 0 Å². The Hall–Kier alpha value is -0.860. The first-order chi connectivity index (χ1) is 2.77. The molecule has 0 aromatic heterocycles. The minimum absolute atomic E-state index is 0.0995. The molecule has 0 rings (SSSR count). The first-order valence-electron chi connectivity index (χ1n) is 1.38. The van der Waals surface area contributed by atoms with Crippen molar-refractivity contribution in [2.24, 2.45) is 0 Å². The molecule has 0 spiro atoms. The molecule has 0 heterocycles. The Morgan fingerprint density at radius 3 is 2.33 bits per heavy atom. The maximum Gasteiger partial charge on any atom is 0.310 e. The lowest BCUT2D eigenvalue weighted by Crippen LogP contribution is -1.93. The van der Waals surface area contributed by atoms with Gasteiger partial charge in [-0.05, 0) is 0 Å². The molecule has 0 aliphatic carbocycles. The minimum atomic E-state index is -0.579. The smallest absolute Gasteiger partial charge is 0.310 e. The molecule has 0 saturated heterocycles. The average molecular weight is 89.1 g/mol. The van der Waals surface area contributed by atoms with Crippen LogP contribution in [0.1, 0.15) is 6.92 Å². The number of hydrogen-bond donors (Lipinski definition) is 0. The molecule has 0 radical (unpaired) electrons. The quantitative estimate of drug-likeness (QED) is 0.192. The first-order valence-corrected chi connectivity index (χ1v) is 1.38. The third-order valence-electron chi connectivity index (χ3n) is 0.214. The van der Waals surface area contributed by atoms with Crippen molar-refractivity contribution in [3.63, 3.8) is 0 Å². The molecule has 34 valence electrons. The summed E-state index contributed by atoms with van der Waals surface area (Å²) in [6.07, 6.45) is 0. The van der Waals surface area contributed by atoms with Crippen LogP contribution in [0.3, 0.4) is 0 Å². The van der Waals surface area contributed by atoms with Crippen LogP contribution in [0.4, 0.5) is 0 Å². The second-order valence-corrected chi connectivity index (χ2v) is 0.706. The summed E-state index contributed by atoms with van der Waals surface area (Å²) in [5, 5.41) is 0. The van der Waals surface area contributed by atoms with Gasteiger partial charge < -0.3 is 4.74 Å². The van der Waals surface area contributed by atoms with Crippen molar-refractivity contribution in [1.82, 2.24) is 0 Å². The highest BCUT2D eigenvalue weighted by atomic mass is 16.6. The van der Waals surface area contributed by atoms with E-state index in [0.717, 1.165) is 6.92 Å². The average Bonchev–Trinajstić information content (AvgIpc) is 1.35. The fraction of sp³-hybridized carbons (Fsp3) is 0.333. The highest BCUT2D eigenvalue weighted by Gasteiger charge is 1.82. The molecular formula is C3H4O3. The van der Waals surface area contributed by atoms with E-state index in [0.29, 0.717) is 0 Å². The molecule has 3 heteroatoms. The van der Waals surface area contributed by atoms with Gasteiger partial charge in [0, 0.05) is 6.92 Å².